The van der Waals surface area contributed by atoms with Crippen molar-refractivity contribution in [1.82, 2.24) is 0 Å². The normalized spacial score (nSPS) is 21.7. The Labute approximate surface area is 141 Å². The molecule has 0 spiro atoms. The summed E-state index contributed by atoms with van der Waals surface area (Å²) in [6.45, 7) is 0. The predicted molar refractivity (Wildman–Crippen MR) is 86.4 cm³/mol. The minimum Gasteiger partial charge on any atom is -0.481 e. The van der Waals surface area contributed by atoms with Gasteiger partial charge >= 0.3 is 11.7 Å². The number of nitrogens with zero attached hydrogens (tertiary/aromatic N) is 3. The predicted octanol–water partition coefficient (Wildman–Crippen LogP) is 1.91. The molecule has 1 aliphatic rings. The standard InChI is InChI=1S/C14H16N4O7/c19-10-2-4-11(8(5-10)6-14(20)21)15-16-12-3-1-9(17(22)23)7-13(12)18(24)25/h1,3,7-8,10,16,19H,2,4-6H2,(H,20,21)/b15-11-/t8-,10+/m1/s1. The van der Waals surface area contributed by atoms with Crippen LogP contribution in [0.15, 0.2) is 23.3 Å². The minimum absolute atomic E-state index is 0.0386. The first-order valence-corrected chi connectivity index (χ1v) is 7.43. The number of rotatable bonds is 6. The third-order valence-corrected chi connectivity index (χ3v) is 3.89. The molecule has 0 bridgehead atoms. The average molecular weight is 352 g/mol. The molecule has 1 aliphatic carbocycles. The van der Waals surface area contributed by atoms with E-state index in [0.29, 0.717) is 18.6 Å². The number of nitrogens with one attached hydrogen (secondary N) is 1. The second-order valence-corrected chi connectivity index (χ2v) is 5.65. The summed E-state index contributed by atoms with van der Waals surface area (Å²) in [7, 11) is 0. The van der Waals surface area contributed by atoms with Crippen molar-refractivity contribution < 1.29 is 24.9 Å². The van der Waals surface area contributed by atoms with Gasteiger partial charge in [0.1, 0.15) is 5.69 Å². The number of carbonyl (C=O) groups is 1. The Bertz CT molecular complexity index is 734. The van der Waals surface area contributed by atoms with E-state index in [1.807, 2.05) is 0 Å². The lowest BCUT2D eigenvalue weighted by atomic mass is 9.83. The quantitative estimate of drug-likeness (QED) is 0.515. The Morgan fingerprint density at radius 2 is 2.04 bits per heavy atom. The zero-order valence-electron chi connectivity index (χ0n) is 13.0. The number of carboxylic acid groups (broad SMARTS) is 1. The molecule has 2 atom stereocenters. The van der Waals surface area contributed by atoms with Crippen LogP contribution in [0.3, 0.4) is 0 Å². The van der Waals surface area contributed by atoms with Gasteiger partial charge in [0.2, 0.25) is 0 Å². The number of hydrogen-bond donors (Lipinski definition) is 3. The van der Waals surface area contributed by atoms with E-state index in [9.17, 15) is 30.1 Å². The summed E-state index contributed by atoms with van der Waals surface area (Å²) in [4.78, 5) is 31.2. The molecule has 2 rings (SSSR count). The smallest absolute Gasteiger partial charge is 0.304 e. The van der Waals surface area contributed by atoms with E-state index in [2.05, 4.69) is 10.5 Å². The fraction of sp³-hybridized carbons (Fsp3) is 0.429. The van der Waals surface area contributed by atoms with Crippen LogP contribution in [0.2, 0.25) is 0 Å². The summed E-state index contributed by atoms with van der Waals surface area (Å²) in [6.07, 6.45) is 0.193. The number of anilines is 1. The number of nitro groups is 2. The third kappa shape index (κ3) is 4.70. The van der Waals surface area contributed by atoms with Crippen LogP contribution in [0.1, 0.15) is 25.7 Å². The van der Waals surface area contributed by atoms with Gasteiger partial charge in [-0.3, -0.25) is 30.4 Å². The van der Waals surface area contributed by atoms with Crippen LogP contribution < -0.4 is 5.43 Å². The molecule has 11 heteroatoms. The zero-order valence-corrected chi connectivity index (χ0v) is 13.0. The molecule has 0 amide bonds. The highest BCUT2D eigenvalue weighted by atomic mass is 16.6. The molecule has 3 N–H and O–H groups in total. The summed E-state index contributed by atoms with van der Waals surface area (Å²) in [5.41, 5.74) is 2.01. The number of non-ortho nitro benzene ring substituents is 1. The Morgan fingerprint density at radius 1 is 1.32 bits per heavy atom. The average Bonchev–Trinajstić information content (AvgIpc) is 2.53. The fourth-order valence-electron chi connectivity index (χ4n) is 2.67. The summed E-state index contributed by atoms with van der Waals surface area (Å²) in [5.74, 6) is -1.51. The van der Waals surface area contributed by atoms with E-state index in [-0.39, 0.29) is 18.5 Å². The van der Waals surface area contributed by atoms with Crippen LogP contribution in [-0.4, -0.2) is 37.8 Å². The van der Waals surface area contributed by atoms with Gasteiger partial charge in [-0.2, -0.15) is 5.10 Å². The number of hydrazone groups is 1. The van der Waals surface area contributed by atoms with Crippen LogP contribution >= 0.6 is 0 Å². The van der Waals surface area contributed by atoms with Crippen LogP contribution in [0.4, 0.5) is 17.1 Å². The minimum atomic E-state index is -1.03. The van der Waals surface area contributed by atoms with E-state index in [1.54, 1.807) is 0 Å². The summed E-state index contributed by atoms with van der Waals surface area (Å²) in [5, 5.41) is 44.5. The summed E-state index contributed by atoms with van der Waals surface area (Å²) < 4.78 is 0. The van der Waals surface area contributed by atoms with Crippen LogP contribution in [-0.2, 0) is 4.79 Å². The van der Waals surface area contributed by atoms with Crippen LogP contribution in [0.25, 0.3) is 0 Å². The molecule has 1 fully saturated rings. The topological polar surface area (TPSA) is 168 Å². The van der Waals surface area contributed by atoms with Crippen molar-refractivity contribution in [3.63, 3.8) is 0 Å². The largest absolute Gasteiger partial charge is 0.481 e. The van der Waals surface area contributed by atoms with Gasteiger partial charge in [0.15, 0.2) is 0 Å². The molecule has 0 aliphatic heterocycles. The zero-order chi connectivity index (χ0) is 18.6. The van der Waals surface area contributed by atoms with Gasteiger partial charge in [-0.1, -0.05) is 0 Å². The van der Waals surface area contributed by atoms with Gasteiger partial charge in [-0.15, -0.1) is 0 Å². The number of benzene rings is 1. The van der Waals surface area contributed by atoms with Crippen molar-refractivity contribution in [2.45, 2.75) is 31.8 Å². The van der Waals surface area contributed by atoms with E-state index in [0.717, 1.165) is 12.1 Å². The molecule has 0 saturated heterocycles. The Kier molecular flexibility index (Phi) is 5.60. The van der Waals surface area contributed by atoms with Crippen molar-refractivity contribution in [2.75, 3.05) is 5.43 Å². The van der Waals surface area contributed by atoms with Gasteiger partial charge in [0, 0.05) is 17.7 Å². The number of aliphatic hydroxyl groups is 1. The van der Waals surface area contributed by atoms with Gasteiger partial charge in [-0.25, -0.2) is 0 Å². The Morgan fingerprint density at radius 3 is 2.64 bits per heavy atom. The van der Waals surface area contributed by atoms with Crippen LogP contribution in [0, 0.1) is 26.1 Å². The van der Waals surface area contributed by atoms with Gasteiger partial charge in [0.05, 0.1) is 28.4 Å². The second-order valence-electron chi connectivity index (χ2n) is 5.65. The molecule has 0 aromatic heterocycles. The number of aliphatic hydroxyl groups excluding tert-OH is 1. The van der Waals surface area contributed by atoms with Crippen molar-refractivity contribution in [3.05, 3.63) is 38.4 Å². The fourth-order valence-corrected chi connectivity index (χ4v) is 2.67. The SMILES string of the molecule is O=C(O)C[C@H]1C[C@@H](O)CC/C1=N/Nc1ccc([N+](=O)[O-])cc1[N+](=O)[O-]. The summed E-state index contributed by atoms with van der Waals surface area (Å²) >= 11 is 0. The second kappa shape index (κ2) is 7.66. The first kappa shape index (κ1) is 18.3. The van der Waals surface area contributed by atoms with Crippen molar-refractivity contribution >= 4 is 28.7 Å². The van der Waals surface area contributed by atoms with Gasteiger partial charge < -0.3 is 10.2 Å². The first-order valence-electron chi connectivity index (χ1n) is 7.43. The highest BCUT2D eigenvalue weighted by Gasteiger charge is 2.28. The third-order valence-electron chi connectivity index (χ3n) is 3.89. The summed E-state index contributed by atoms with van der Waals surface area (Å²) in [6, 6.07) is 3.10. The van der Waals surface area contributed by atoms with Crippen molar-refractivity contribution in [3.8, 4) is 0 Å². The van der Waals surface area contributed by atoms with Gasteiger partial charge in [-0.05, 0) is 25.3 Å². The molecule has 1 aromatic rings. The Hall–Kier alpha value is -3.08. The molecular formula is C14H16N4O7. The monoisotopic (exact) mass is 352 g/mol. The molecule has 11 nitrogen and oxygen atoms in total. The van der Waals surface area contributed by atoms with E-state index >= 15 is 0 Å². The number of hydrogen-bond acceptors (Lipinski definition) is 8. The van der Waals surface area contributed by atoms with Crippen molar-refractivity contribution in [2.24, 2.45) is 11.0 Å². The van der Waals surface area contributed by atoms with Crippen LogP contribution in [0.5, 0.6) is 0 Å². The molecule has 0 heterocycles. The first-order chi connectivity index (χ1) is 11.8. The van der Waals surface area contributed by atoms with Crippen molar-refractivity contribution in [1.29, 1.82) is 0 Å². The lowest BCUT2D eigenvalue weighted by molar-refractivity contribution is -0.393. The van der Waals surface area contributed by atoms with E-state index < -0.39 is 39.2 Å². The Balaban J connectivity index is 2.25. The highest BCUT2D eigenvalue weighted by Crippen LogP contribution is 2.30. The molecule has 1 aromatic carbocycles. The molecular weight excluding hydrogens is 336 g/mol. The number of nitro benzene ring substituents is 2. The van der Waals surface area contributed by atoms with E-state index in [4.69, 9.17) is 5.11 Å². The maximum absolute atomic E-state index is 11.1. The maximum Gasteiger partial charge on any atom is 0.304 e. The maximum atomic E-state index is 11.1. The highest BCUT2D eigenvalue weighted by molar-refractivity contribution is 5.91. The molecule has 0 unspecified atom stereocenters. The lowest BCUT2D eigenvalue weighted by Crippen LogP contribution is -2.30. The molecule has 0 radical (unpaired) electrons. The number of aliphatic carboxylic acids is 1. The lowest BCUT2D eigenvalue weighted by Gasteiger charge is -2.26. The molecule has 25 heavy (non-hydrogen) atoms. The van der Waals surface area contributed by atoms with Gasteiger partial charge in [0.25, 0.3) is 5.69 Å². The van der Waals surface area contributed by atoms with E-state index in [1.165, 1.54) is 6.07 Å². The molecule has 1 saturated carbocycles. The molecule has 134 valence electrons. The number of carboxylic acids is 1.